The predicted octanol–water partition coefficient (Wildman–Crippen LogP) is 2.73. The molecule has 0 aliphatic carbocycles. The van der Waals surface area contributed by atoms with Gasteiger partial charge < -0.3 is 14.5 Å². The second-order valence-corrected chi connectivity index (χ2v) is 8.58. The number of nitrogens with zero attached hydrogens (tertiary/aromatic N) is 4. The number of aromatic amines is 1. The van der Waals surface area contributed by atoms with Crippen molar-refractivity contribution in [2.75, 3.05) is 33.2 Å². The molecular weight excluding hydrogens is 350 g/mol. The van der Waals surface area contributed by atoms with Gasteiger partial charge >= 0.3 is 0 Å². The fourth-order valence-corrected chi connectivity index (χ4v) is 4.10. The van der Waals surface area contributed by atoms with E-state index in [2.05, 4.69) is 58.2 Å². The molecule has 1 N–H and O–H groups in total. The molecule has 2 aromatic heterocycles. The molecule has 0 bridgehead atoms. The largest absolute Gasteiger partial charge is 0.329 e. The number of hydrogen-bond donors (Lipinski definition) is 1. The lowest BCUT2D eigenvalue weighted by Crippen LogP contribution is -2.55. The van der Waals surface area contributed by atoms with Crippen molar-refractivity contribution in [2.45, 2.75) is 32.9 Å². The van der Waals surface area contributed by atoms with E-state index in [-0.39, 0.29) is 11.1 Å². The lowest BCUT2D eigenvalue weighted by molar-refractivity contribution is 0.0514. The van der Waals surface area contributed by atoms with Crippen molar-refractivity contribution in [1.29, 1.82) is 0 Å². The maximum atomic E-state index is 12.7. The van der Waals surface area contributed by atoms with Crippen LogP contribution in [0.25, 0.3) is 22.3 Å². The van der Waals surface area contributed by atoms with Gasteiger partial charge in [0.1, 0.15) is 5.82 Å². The minimum absolute atomic E-state index is 0.0170. The van der Waals surface area contributed by atoms with Crippen molar-refractivity contribution in [2.24, 2.45) is 0 Å². The summed E-state index contributed by atoms with van der Waals surface area (Å²) in [4.78, 5) is 25.2. The van der Waals surface area contributed by atoms with Crippen LogP contribution < -0.4 is 5.56 Å². The first-order valence-corrected chi connectivity index (χ1v) is 9.92. The Balaban J connectivity index is 1.67. The van der Waals surface area contributed by atoms with Crippen molar-refractivity contribution < 1.29 is 0 Å². The van der Waals surface area contributed by atoms with Crippen LogP contribution in [0.15, 0.2) is 41.5 Å². The third-order valence-electron chi connectivity index (χ3n) is 5.87. The van der Waals surface area contributed by atoms with E-state index in [9.17, 15) is 4.79 Å². The summed E-state index contributed by atoms with van der Waals surface area (Å²) >= 11 is 0. The fraction of sp³-hybridized carbons (Fsp3) is 0.455. The molecule has 1 aliphatic heterocycles. The van der Waals surface area contributed by atoms with Gasteiger partial charge in [-0.1, -0.05) is 11.6 Å². The Labute approximate surface area is 165 Å². The Hall–Kier alpha value is -2.44. The zero-order chi connectivity index (χ0) is 19.9. The summed E-state index contributed by atoms with van der Waals surface area (Å²) in [6.45, 7) is 11.7. The SMILES string of the molecule is Cc1ccc2[nH]c(=O)c(-c3nccn3CC(C)(C)N3CCN(C)CC3)cc2c1. The molecule has 1 aliphatic rings. The summed E-state index contributed by atoms with van der Waals surface area (Å²) in [5.41, 5.74) is 2.54. The van der Waals surface area contributed by atoms with Gasteiger partial charge in [0.05, 0.1) is 5.56 Å². The van der Waals surface area contributed by atoms with Gasteiger partial charge in [-0.15, -0.1) is 0 Å². The number of rotatable bonds is 4. The molecule has 1 aromatic carbocycles. The lowest BCUT2D eigenvalue weighted by atomic mass is 10.0. The van der Waals surface area contributed by atoms with Gasteiger partial charge in [-0.25, -0.2) is 4.98 Å². The number of H-pyrrole nitrogens is 1. The van der Waals surface area contributed by atoms with Gasteiger partial charge in [-0.3, -0.25) is 9.69 Å². The van der Waals surface area contributed by atoms with E-state index in [0.717, 1.165) is 49.5 Å². The van der Waals surface area contributed by atoms with Crippen LogP contribution in [-0.4, -0.2) is 63.1 Å². The highest BCUT2D eigenvalue weighted by Crippen LogP contribution is 2.24. The molecule has 6 nitrogen and oxygen atoms in total. The van der Waals surface area contributed by atoms with Crippen molar-refractivity contribution in [3.8, 4) is 11.4 Å². The second kappa shape index (κ2) is 7.18. The van der Waals surface area contributed by atoms with Gasteiger partial charge in [0.2, 0.25) is 0 Å². The minimum Gasteiger partial charge on any atom is -0.329 e. The highest BCUT2D eigenvalue weighted by molar-refractivity contribution is 5.83. The summed E-state index contributed by atoms with van der Waals surface area (Å²) < 4.78 is 2.12. The molecule has 0 saturated carbocycles. The molecule has 0 spiro atoms. The summed E-state index contributed by atoms with van der Waals surface area (Å²) in [5, 5.41) is 1.03. The number of likely N-dealkylation sites (N-methyl/N-ethyl adjacent to an activating group) is 1. The van der Waals surface area contributed by atoms with E-state index in [1.165, 1.54) is 5.56 Å². The van der Waals surface area contributed by atoms with E-state index >= 15 is 0 Å². The number of aryl methyl sites for hydroxylation is 1. The van der Waals surface area contributed by atoms with E-state index < -0.39 is 0 Å². The Morgan fingerprint density at radius 1 is 1.14 bits per heavy atom. The molecule has 3 heterocycles. The van der Waals surface area contributed by atoms with Crippen LogP contribution >= 0.6 is 0 Å². The van der Waals surface area contributed by atoms with E-state index in [4.69, 9.17) is 0 Å². The van der Waals surface area contributed by atoms with Crippen molar-refractivity contribution >= 4 is 10.9 Å². The molecule has 0 amide bonds. The van der Waals surface area contributed by atoms with Crippen LogP contribution in [-0.2, 0) is 6.54 Å². The Kier molecular flexibility index (Phi) is 4.85. The average Bonchev–Trinajstić information content (AvgIpc) is 3.09. The normalized spacial score (nSPS) is 16.7. The van der Waals surface area contributed by atoms with E-state index in [1.807, 2.05) is 24.4 Å². The highest BCUT2D eigenvalue weighted by Gasteiger charge is 2.30. The van der Waals surface area contributed by atoms with Crippen molar-refractivity contribution in [3.63, 3.8) is 0 Å². The van der Waals surface area contributed by atoms with Crippen LogP contribution in [0, 0.1) is 6.92 Å². The summed E-state index contributed by atoms with van der Waals surface area (Å²) in [5.74, 6) is 0.729. The first-order valence-electron chi connectivity index (χ1n) is 9.92. The van der Waals surface area contributed by atoms with Crippen LogP contribution in [0.4, 0.5) is 0 Å². The van der Waals surface area contributed by atoms with Gasteiger partial charge in [0, 0.05) is 56.2 Å². The zero-order valence-corrected chi connectivity index (χ0v) is 17.2. The Morgan fingerprint density at radius 3 is 2.64 bits per heavy atom. The third kappa shape index (κ3) is 3.62. The summed E-state index contributed by atoms with van der Waals surface area (Å²) in [6, 6.07) is 8.02. The second-order valence-electron chi connectivity index (χ2n) is 8.58. The first kappa shape index (κ1) is 18.9. The topological polar surface area (TPSA) is 57.2 Å². The van der Waals surface area contributed by atoms with Crippen molar-refractivity contribution in [1.82, 2.24) is 24.3 Å². The average molecular weight is 380 g/mol. The van der Waals surface area contributed by atoms with E-state index in [1.54, 1.807) is 6.20 Å². The molecule has 6 heteroatoms. The number of nitrogens with one attached hydrogen (secondary N) is 1. The standard InChI is InChI=1S/C22H29N5O/c1-16-5-6-19-17(13-16)14-18(21(28)24-19)20-23-7-8-26(20)15-22(2,3)27-11-9-25(4)10-12-27/h5-8,13-14H,9-12,15H2,1-4H3,(H,24,28). The number of piperazine rings is 1. The van der Waals surface area contributed by atoms with Crippen LogP contribution in [0.5, 0.6) is 0 Å². The molecule has 0 unspecified atom stereocenters. The van der Waals surface area contributed by atoms with Crippen LogP contribution in [0.3, 0.4) is 0 Å². The van der Waals surface area contributed by atoms with Crippen molar-refractivity contribution in [3.05, 3.63) is 52.6 Å². The number of benzene rings is 1. The number of imidazole rings is 1. The molecule has 0 atom stereocenters. The van der Waals surface area contributed by atoms with Gasteiger partial charge in [-0.05, 0) is 51.4 Å². The summed E-state index contributed by atoms with van der Waals surface area (Å²) in [7, 11) is 2.17. The molecule has 3 aromatic rings. The molecule has 0 radical (unpaired) electrons. The van der Waals surface area contributed by atoms with Crippen LogP contribution in [0.1, 0.15) is 19.4 Å². The maximum absolute atomic E-state index is 12.7. The quantitative estimate of drug-likeness (QED) is 0.757. The number of pyridine rings is 1. The third-order valence-corrected chi connectivity index (χ3v) is 5.87. The van der Waals surface area contributed by atoms with Gasteiger partial charge in [0.25, 0.3) is 5.56 Å². The molecule has 4 rings (SSSR count). The Bertz CT molecular complexity index is 1040. The monoisotopic (exact) mass is 379 g/mol. The smallest absolute Gasteiger partial charge is 0.259 e. The van der Waals surface area contributed by atoms with E-state index in [0.29, 0.717) is 5.56 Å². The molecule has 1 fully saturated rings. The number of hydrogen-bond acceptors (Lipinski definition) is 4. The minimum atomic E-state index is -0.0961. The maximum Gasteiger partial charge on any atom is 0.259 e. The Morgan fingerprint density at radius 2 is 1.89 bits per heavy atom. The zero-order valence-electron chi connectivity index (χ0n) is 17.2. The highest BCUT2D eigenvalue weighted by atomic mass is 16.1. The van der Waals surface area contributed by atoms with Gasteiger partial charge in [-0.2, -0.15) is 0 Å². The molecule has 148 valence electrons. The molecular formula is C22H29N5O. The molecule has 1 saturated heterocycles. The number of aromatic nitrogens is 3. The first-order chi connectivity index (χ1) is 13.3. The summed E-state index contributed by atoms with van der Waals surface area (Å²) in [6.07, 6.45) is 3.77. The van der Waals surface area contributed by atoms with Gasteiger partial charge in [0.15, 0.2) is 0 Å². The predicted molar refractivity (Wildman–Crippen MR) is 114 cm³/mol. The lowest BCUT2D eigenvalue weighted by Gasteiger charge is -2.43. The molecule has 28 heavy (non-hydrogen) atoms. The van der Waals surface area contributed by atoms with Crippen LogP contribution in [0.2, 0.25) is 0 Å². The number of fused-ring (bicyclic) bond motifs is 1. The fourth-order valence-electron chi connectivity index (χ4n) is 4.10.